The average molecular weight is 365 g/mol. The molecular weight excluding hydrogens is 342 g/mol. The summed E-state index contributed by atoms with van der Waals surface area (Å²) in [7, 11) is 0. The van der Waals surface area contributed by atoms with Crippen LogP contribution in [-0.2, 0) is 11.3 Å². The molecule has 1 amide bonds. The van der Waals surface area contributed by atoms with E-state index in [2.05, 4.69) is 31.4 Å². The van der Waals surface area contributed by atoms with Crippen LogP contribution in [0.1, 0.15) is 45.4 Å². The Morgan fingerprint density at radius 3 is 2.70 bits per heavy atom. The summed E-state index contributed by atoms with van der Waals surface area (Å²) in [5, 5.41) is 16.6. The fourth-order valence-electron chi connectivity index (χ4n) is 3.10. The standard InChI is InChI=1S/C14H13N7O.C5H10/c1-9(22)19-14-11(7-21(20-14)6-2-4-15)12-10-3-5-16-13(10)18-8-17-12;1-2-4-5-3-1/h3,5,7-8H,2,6H2,1H3,(H,16,17,18)(H,19,20,22);1-5H2. The lowest BCUT2D eigenvalue weighted by molar-refractivity contribution is -0.114. The number of fused-ring (bicyclic) bond motifs is 1. The third-order valence-corrected chi connectivity index (χ3v) is 4.37. The van der Waals surface area contributed by atoms with Gasteiger partial charge in [0.25, 0.3) is 0 Å². The van der Waals surface area contributed by atoms with Crippen LogP contribution in [0.25, 0.3) is 22.3 Å². The zero-order valence-electron chi connectivity index (χ0n) is 15.4. The van der Waals surface area contributed by atoms with Crippen LogP contribution in [0.4, 0.5) is 5.82 Å². The first-order valence-corrected chi connectivity index (χ1v) is 9.19. The van der Waals surface area contributed by atoms with Gasteiger partial charge >= 0.3 is 0 Å². The minimum absolute atomic E-state index is 0.217. The van der Waals surface area contributed by atoms with Crippen LogP contribution in [0.3, 0.4) is 0 Å². The van der Waals surface area contributed by atoms with Crippen molar-refractivity contribution >= 4 is 22.8 Å². The van der Waals surface area contributed by atoms with Crippen LogP contribution in [-0.4, -0.2) is 30.6 Å². The van der Waals surface area contributed by atoms with Gasteiger partial charge < -0.3 is 10.3 Å². The maximum atomic E-state index is 11.4. The number of rotatable bonds is 4. The molecule has 4 rings (SSSR count). The fourth-order valence-corrected chi connectivity index (χ4v) is 3.10. The molecule has 0 atom stereocenters. The highest BCUT2D eigenvalue weighted by Gasteiger charge is 2.16. The third kappa shape index (κ3) is 4.70. The van der Waals surface area contributed by atoms with Crippen LogP contribution < -0.4 is 5.32 Å². The molecule has 140 valence electrons. The quantitative estimate of drug-likeness (QED) is 0.733. The largest absolute Gasteiger partial charge is 0.346 e. The molecule has 0 spiro atoms. The first-order chi connectivity index (χ1) is 13.2. The molecule has 0 bridgehead atoms. The number of nitrogens with zero attached hydrogens (tertiary/aromatic N) is 5. The van der Waals surface area contributed by atoms with E-state index < -0.39 is 0 Å². The summed E-state index contributed by atoms with van der Waals surface area (Å²) in [5.41, 5.74) is 2.09. The Balaban J connectivity index is 0.000000364. The first kappa shape index (κ1) is 18.6. The molecular formula is C19H23N7O. The highest BCUT2D eigenvalue weighted by molar-refractivity contribution is 5.97. The number of amides is 1. The van der Waals surface area contributed by atoms with Crippen LogP contribution >= 0.6 is 0 Å². The summed E-state index contributed by atoms with van der Waals surface area (Å²) in [6, 6.07) is 3.94. The molecule has 0 aliphatic heterocycles. The van der Waals surface area contributed by atoms with Crippen molar-refractivity contribution in [1.29, 1.82) is 5.26 Å². The van der Waals surface area contributed by atoms with Gasteiger partial charge in [-0.1, -0.05) is 32.1 Å². The molecule has 0 aromatic carbocycles. The van der Waals surface area contributed by atoms with E-state index in [1.165, 1.54) is 45.4 Å². The molecule has 3 aromatic heterocycles. The molecule has 3 heterocycles. The lowest BCUT2D eigenvalue weighted by Crippen LogP contribution is -2.08. The van der Waals surface area contributed by atoms with E-state index >= 15 is 0 Å². The number of nitriles is 1. The summed E-state index contributed by atoms with van der Waals surface area (Å²) in [6.45, 7) is 1.87. The van der Waals surface area contributed by atoms with Gasteiger partial charge in [-0.15, -0.1) is 0 Å². The summed E-state index contributed by atoms with van der Waals surface area (Å²) < 4.78 is 1.63. The first-order valence-electron chi connectivity index (χ1n) is 9.19. The molecule has 1 saturated carbocycles. The SMILES string of the molecule is C1CCCC1.CC(=O)Nc1nn(CCC#N)cc1-c1ncnc2[nH]ccc12. The van der Waals surface area contributed by atoms with Crippen LogP contribution in [0.5, 0.6) is 0 Å². The predicted octanol–water partition coefficient (Wildman–Crippen LogP) is 3.64. The second-order valence-electron chi connectivity index (χ2n) is 6.47. The topological polar surface area (TPSA) is 112 Å². The molecule has 27 heavy (non-hydrogen) atoms. The van der Waals surface area contributed by atoms with Crippen molar-refractivity contribution in [3.8, 4) is 17.3 Å². The summed E-state index contributed by atoms with van der Waals surface area (Å²) in [5.74, 6) is 0.206. The Kier molecular flexibility index (Phi) is 6.15. The van der Waals surface area contributed by atoms with E-state index in [-0.39, 0.29) is 5.91 Å². The highest BCUT2D eigenvalue weighted by Crippen LogP contribution is 2.30. The molecule has 0 unspecified atom stereocenters. The summed E-state index contributed by atoms with van der Waals surface area (Å²) in [6.07, 6.45) is 12.8. The lowest BCUT2D eigenvalue weighted by atomic mass is 10.1. The van der Waals surface area contributed by atoms with E-state index in [1.807, 2.05) is 6.07 Å². The molecule has 8 heteroatoms. The minimum atomic E-state index is -0.217. The Hall–Kier alpha value is -3.21. The minimum Gasteiger partial charge on any atom is -0.346 e. The van der Waals surface area contributed by atoms with Crippen LogP contribution in [0, 0.1) is 11.3 Å². The fraction of sp³-hybridized carbons (Fsp3) is 0.421. The number of carbonyl (C=O) groups excluding carboxylic acids is 1. The average Bonchev–Trinajstić information content (AvgIpc) is 3.41. The molecule has 0 saturated heterocycles. The van der Waals surface area contributed by atoms with Gasteiger partial charge in [0.05, 0.1) is 30.3 Å². The van der Waals surface area contributed by atoms with Crippen LogP contribution in [0.15, 0.2) is 24.8 Å². The maximum Gasteiger partial charge on any atom is 0.222 e. The molecule has 1 fully saturated rings. The zero-order valence-corrected chi connectivity index (χ0v) is 15.4. The number of H-pyrrole nitrogens is 1. The van der Waals surface area contributed by atoms with E-state index in [1.54, 1.807) is 17.1 Å². The Morgan fingerprint density at radius 1 is 1.30 bits per heavy atom. The number of aryl methyl sites for hydroxylation is 1. The monoisotopic (exact) mass is 365 g/mol. The lowest BCUT2D eigenvalue weighted by Gasteiger charge is -2.02. The van der Waals surface area contributed by atoms with Gasteiger partial charge in [-0.3, -0.25) is 9.48 Å². The van der Waals surface area contributed by atoms with Gasteiger partial charge in [0.2, 0.25) is 5.91 Å². The molecule has 3 aromatic rings. The number of hydrogen-bond donors (Lipinski definition) is 2. The van der Waals surface area contributed by atoms with E-state index in [9.17, 15) is 4.79 Å². The van der Waals surface area contributed by atoms with Crippen molar-refractivity contribution in [3.63, 3.8) is 0 Å². The van der Waals surface area contributed by atoms with Gasteiger partial charge in [0.15, 0.2) is 5.82 Å². The Bertz CT molecular complexity index is 939. The second-order valence-corrected chi connectivity index (χ2v) is 6.47. The van der Waals surface area contributed by atoms with Crippen molar-refractivity contribution in [1.82, 2.24) is 24.7 Å². The van der Waals surface area contributed by atoms with Crippen molar-refractivity contribution in [2.24, 2.45) is 0 Å². The number of anilines is 1. The summed E-state index contributed by atoms with van der Waals surface area (Å²) in [4.78, 5) is 22.9. The van der Waals surface area contributed by atoms with E-state index in [0.29, 0.717) is 35.7 Å². The van der Waals surface area contributed by atoms with E-state index in [4.69, 9.17) is 5.26 Å². The van der Waals surface area contributed by atoms with Crippen LogP contribution in [0.2, 0.25) is 0 Å². The summed E-state index contributed by atoms with van der Waals surface area (Å²) >= 11 is 0. The maximum absolute atomic E-state index is 11.4. The number of nitrogens with one attached hydrogen (secondary N) is 2. The molecule has 1 aliphatic carbocycles. The second kappa shape index (κ2) is 8.94. The zero-order chi connectivity index (χ0) is 19.1. The van der Waals surface area contributed by atoms with Crippen molar-refractivity contribution in [2.75, 3.05) is 5.32 Å². The molecule has 8 nitrogen and oxygen atoms in total. The molecule has 1 aliphatic rings. The smallest absolute Gasteiger partial charge is 0.222 e. The predicted molar refractivity (Wildman–Crippen MR) is 103 cm³/mol. The molecule has 2 N–H and O–H groups in total. The van der Waals surface area contributed by atoms with Gasteiger partial charge in [0, 0.05) is 24.7 Å². The van der Waals surface area contributed by atoms with Gasteiger partial charge in [-0.05, 0) is 6.07 Å². The normalized spacial score (nSPS) is 13.0. The van der Waals surface area contributed by atoms with Crippen molar-refractivity contribution in [3.05, 3.63) is 24.8 Å². The van der Waals surface area contributed by atoms with Crippen molar-refractivity contribution < 1.29 is 4.79 Å². The van der Waals surface area contributed by atoms with Gasteiger partial charge in [0.1, 0.15) is 12.0 Å². The third-order valence-electron chi connectivity index (χ3n) is 4.37. The number of carbonyl (C=O) groups is 1. The highest BCUT2D eigenvalue weighted by atomic mass is 16.1. The number of aromatic nitrogens is 5. The van der Waals surface area contributed by atoms with Crippen molar-refractivity contribution in [2.45, 2.75) is 52.0 Å². The van der Waals surface area contributed by atoms with Gasteiger partial charge in [-0.2, -0.15) is 10.4 Å². The number of aromatic amines is 1. The van der Waals surface area contributed by atoms with E-state index in [0.717, 1.165) is 5.39 Å². The van der Waals surface area contributed by atoms with Gasteiger partial charge in [-0.25, -0.2) is 9.97 Å². The molecule has 0 radical (unpaired) electrons. The Morgan fingerprint density at radius 2 is 2.04 bits per heavy atom. The Labute approximate surface area is 157 Å². The number of hydrogen-bond acceptors (Lipinski definition) is 5.